The largest absolute Gasteiger partial charge is 0.328 e. The number of imidazole rings is 1. The lowest BCUT2D eigenvalue weighted by Gasteiger charge is -2.19. The fraction of sp³-hybridized carbons (Fsp3) is 0.647. The Morgan fingerprint density at radius 2 is 2.18 bits per heavy atom. The van der Waals surface area contributed by atoms with Crippen LogP contribution in [0.1, 0.15) is 39.4 Å². The van der Waals surface area contributed by atoms with Crippen LogP contribution < -0.4 is 10.6 Å². The summed E-state index contributed by atoms with van der Waals surface area (Å²) in [6, 6.07) is 2.72. The molecule has 1 aliphatic rings. The van der Waals surface area contributed by atoms with E-state index in [2.05, 4.69) is 45.9 Å². The van der Waals surface area contributed by atoms with Crippen LogP contribution in [0.15, 0.2) is 18.5 Å². The molecule has 5 nitrogen and oxygen atoms in total. The number of fused-ring (bicyclic) bond motifs is 1. The smallest absolute Gasteiger partial charge is 0.109 e. The topological polar surface area (TPSA) is 54.8 Å². The van der Waals surface area contributed by atoms with Crippen LogP contribution in [0.4, 0.5) is 0 Å². The van der Waals surface area contributed by atoms with E-state index in [4.69, 9.17) is 0 Å². The molecule has 2 N–H and O–H groups in total. The van der Waals surface area contributed by atoms with Crippen molar-refractivity contribution in [2.24, 2.45) is 0 Å². The summed E-state index contributed by atoms with van der Waals surface area (Å²) in [5.74, 6) is 1.20. The second-order valence-corrected chi connectivity index (χ2v) is 5.80. The molecule has 1 fully saturated rings. The Morgan fingerprint density at radius 1 is 1.32 bits per heavy atom. The normalized spacial score (nSPS) is 18.0. The minimum absolute atomic E-state index is 0.675. The SMILES string of the molecule is CC1CNCCN1.CCCCc1nc2cnccc2n1CC. The molecule has 0 aromatic carbocycles. The zero-order valence-electron chi connectivity index (χ0n) is 14.1. The third-order valence-electron chi connectivity index (χ3n) is 3.94. The van der Waals surface area contributed by atoms with Crippen molar-refractivity contribution in [1.29, 1.82) is 0 Å². The Bertz CT molecular complexity index is 557. The van der Waals surface area contributed by atoms with E-state index in [9.17, 15) is 0 Å². The summed E-state index contributed by atoms with van der Waals surface area (Å²) in [4.78, 5) is 8.73. The van der Waals surface area contributed by atoms with Gasteiger partial charge in [0.15, 0.2) is 0 Å². The number of pyridine rings is 1. The van der Waals surface area contributed by atoms with E-state index in [0.717, 1.165) is 38.1 Å². The fourth-order valence-electron chi connectivity index (χ4n) is 2.71. The number of nitrogens with zero attached hydrogens (tertiary/aromatic N) is 3. The van der Waals surface area contributed by atoms with Crippen LogP contribution in [-0.2, 0) is 13.0 Å². The van der Waals surface area contributed by atoms with Crippen LogP contribution in [0.2, 0.25) is 0 Å². The van der Waals surface area contributed by atoms with Crippen LogP contribution in [0, 0.1) is 0 Å². The van der Waals surface area contributed by atoms with E-state index in [1.807, 2.05) is 18.5 Å². The number of piperazine rings is 1. The lowest BCUT2D eigenvalue weighted by molar-refractivity contribution is 0.442. The first-order valence-corrected chi connectivity index (χ1v) is 8.49. The molecule has 0 spiro atoms. The van der Waals surface area contributed by atoms with E-state index in [-0.39, 0.29) is 0 Å². The Morgan fingerprint density at radius 3 is 2.77 bits per heavy atom. The van der Waals surface area contributed by atoms with Crippen LogP contribution in [-0.4, -0.2) is 40.2 Å². The first kappa shape index (κ1) is 16.9. The van der Waals surface area contributed by atoms with Crippen LogP contribution in [0.5, 0.6) is 0 Å². The van der Waals surface area contributed by atoms with Crippen molar-refractivity contribution in [3.63, 3.8) is 0 Å². The van der Waals surface area contributed by atoms with Crippen molar-refractivity contribution in [3.05, 3.63) is 24.3 Å². The second kappa shape index (κ2) is 8.86. The van der Waals surface area contributed by atoms with E-state index >= 15 is 0 Å². The summed E-state index contributed by atoms with van der Waals surface area (Å²) in [5, 5.41) is 6.59. The van der Waals surface area contributed by atoms with Crippen molar-refractivity contribution in [2.45, 2.75) is 52.6 Å². The molecule has 0 bridgehead atoms. The summed E-state index contributed by atoms with van der Waals surface area (Å²) in [6.45, 7) is 10.9. The lowest BCUT2D eigenvalue weighted by Crippen LogP contribution is -2.46. The monoisotopic (exact) mass is 303 g/mol. The average molecular weight is 303 g/mol. The zero-order chi connectivity index (χ0) is 15.8. The predicted molar refractivity (Wildman–Crippen MR) is 92.1 cm³/mol. The van der Waals surface area contributed by atoms with E-state index < -0.39 is 0 Å². The van der Waals surface area contributed by atoms with Gasteiger partial charge in [-0.25, -0.2) is 4.98 Å². The van der Waals surface area contributed by atoms with Gasteiger partial charge in [-0.05, 0) is 26.3 Å². The third kappa shape index (κ3) is 4.52. The highest BCUT2D eigenvalue weighted by atomic mass is 15.1. The Hall–Kier alpha value is -1.46. The van der Waals surface area contributed by atoms with Gasteiger partial charge in [0.25, 0.3) is 0 Å². The number of aromatic nitrogens is 3. The van der Waals surface area contributed by atoms with Gasteiger partial charge in [0.2, 0.25) is 0 Å². The molecule has 122 valence electrons. The molecule has 3 rings (SSSR count). The highest BCUT2D eigenvalue weighted by Crippen LogP contribution is 2.16. The van der Waals surface area contributed by atoms with Crippen molar-refractivity contribution in [1.82, 2.24) is 25.2 Å². The van der Waals surface area contributed by atoms with Gasteiger partial charge in [0.05, 0.1) is 11.7 Å². The second-order valence-electron chi connectivity index (χ2n) is 5.80. The van der Waals surface area contributed by atoms with E-state index in [0.29, 0.717) is 6.04 Å². The minimum Gasteiger partial charge on any atom is -0.328 e. The molecule has 0 amide bonds. The molecule has 1 aliphatic heterocycles. The number of nitrogens with one attached hydrogen (secondary N) is 2. The van der Waals surface area contributed by atoms with Gasteiger partial charge < -0.3 is 15.2 Å². The van der Waals surface area contributed by atoms with Crippen molar-refractivity contribution < 1.29 is 0 Å². The Kier molecular flexibility index (Phi) is 6.80. The standard InChI is InChI=1S/C12H17N3.C5H12N2/c1-3-5-6-12-14-10-9-13-8-7-11(10)15(12)4-2;1-5-4-6-2-3-7-5/h7-9H,3-6H2,1-2H3;5-7H,2-4H2,1H3. The maximum absolute atomic E-state index is 4.62. The van der Waals surface area contributed by atoms with Gasteiger partial charge in [0.1, 0.15) is 11.3 Å². The number of unbranched alkanes of at least 4 members (excludes halogenated alkanes) is 1. The Labute approximate surface area is 133 Å². The summed E-state index contributed by atoms with van der Waals surface area (Å²) < 4.78 is 2.28. The van der Waals surface area contributed by atoms with Gasteiger partial charge in [-0.2, -0.15) is 0 Å². The van der Waals surface area contributed by atoms with Crippen LogP contribution in [0.3, 0.4) is 0 Å². The molecule has 1 unspecified atom stereocenters. The first-order valence-electron chi connectivity index (χ1n) is 8.49. The predicted octanol–water partition coefficient (Wildman–Crippen LogP) is 2.36. The molecule has 0 saturated carbocycles. The van der Waals surface area contributed by atoms with Crippen LogP contribution in [0.25, 0.3) is 11.0 Å². The molecule has 22 heavy (non-hydrogen) atoms. The molecule has 5 heteroatoms. The van der Waals surface area contributed by atoms with E-state index in [1.54, 1.807) is 0 Å². The molecule has 2 aromatic heterocycles. The maximum Gasteiger partial charge on any atom is 0.109 e. The number of aryl methyl sites for hydroxylation is 2. The molecule has 1 saturated heterocycles. The molecular weight excluding hydrogens is 274 g/mol. The summed E-state index contributed by atoms with van der Waals surface area (Å²) in [6.07, 6.45) is 7.16. The zero-order valence-corrected chi connectivity index (χ0v) is 14.1. The quantitative estimate of drug-likeness (QED) is 0.910. The fourth-order valence-corrected chi connectivity index (χ4v) is 2.71. The van der Waals surface area contributed by atoms with Gasteiger partial charge >= 0.3 is 0 Å². The highest BCUT2D eigenvalue weighted by molar-refractivity contribution is 5.74. The number of rotatable bonds is 4. The maximum atomic E-state index is 4.62. The third-order valence-corrected chi connectivity index (χ3v) is 3.94. The minimum atomic E-state index is 0.675. The Balaban J connectivity index is 0.000000211. The number of hydrogen-bond donors (Lipinski definition) is 2. The average Bonchev–Trinajstić information content (AvgIpc) is 2.91. The van der Waals surface area contributed by atoms with Gasteiger partial charge in [0, 0.05) is 44.8 Å². The summed E-state index contributed by atoms with van der Waals surface area (Å²) in [7, 11) is 0. The molecule has 2 aromatic rings. The lowest BCUT2D eigenvalue weighted by atomic mass is 10.2. The molecule has 0 aliphatic carbocycles. The molecular formula is C17H29N5. The summed E-state index contributed by atoms with van der Waals surface area (Å²) in [5.41, 5.74) is 2.23. The number of hydrogen-bond acceptors (Lipinski definition) is 4. The van der Waals surface area contributed by atoms with Gasteiger partial charge in [-0.3, -0.25) is 4.98 Å². The molecule has 1 atom stereocenters. The van der Waals surface area contributed by atoms with Crippen molar-refractivity contribution in [3.8, 4) is 0 Å². The van der Waals surface area contributed by atoms with E-state index in [1.165, 1.54) is 24.2 Å². The van der Waals surface area contributed by atoms with Crippen molar-refractivity contribution >= 4 is 11.0 Å². The first-order chi connectivity index (χ1) is 10.8. The van der Waals surface area contributed by atoms with Gasteiger partial charge in [-0.1, -0.05) is 13.3 Å². The summed E-state index contributed by atoms with van der Waals surface area (Å²) >= 11 is 0. The van der Waals surface area contributed by atoms with Gasteiger partial charge in [-0.15, -0.1) is 0 Å². The molecule has 0 radical (unpaired) electrons. The highest BCUT2D eigenvalue weighted by Gasteiger charge is 2.08. The van der Waals surface area contributed by atoms with Crippen molar-refractivity contribution in [2.75, 3.05) is 19.6 Å². The molecule has 3 heterocycles. The van der Waals surface area contributed by atoms with Crippen LogP contribution >= 0.6 is 0 Å².